The summed E-state index contributed by atoms with van der Waals surface area (Å²) in [5, 5.41) is 3.15. The summed E-state index contributed by atoms with van der Waals surface area (Å²) < 4.78 is 25.9. The lowest BCUT2D eigenvalue weighted by atomic mass is 10.1. The van der Waals surface area contributed by atoms with E-state index in [1.54, 1.807) is 36.2 Å². The minimum absolute atomic E-state index is 0.110. The van der Waals surface area contributed by atoms with Gasteiger partial charge in [0, 0.05) is 31.6 Å². The molecular formula is C24H32ClN3O4S. The molecule has 33 heavy (non-hydrogen) atoms. The summed E-state index contributed by atoms with van der Waals surface area (Å²) in [5.41, 5.74) is 2.49. The molecule has 0 saturated heterocycles. The number of likely N-dealkylation sites (N-methyl/N-ethyl adjacent to an activating group) is 1. The first-order chi connectivity index (χ1) is 15.6. The molecule has 7 nitrogen and oxygen atoms in total. The van der Waals surface area contributed by atoms with Gasteiger partial charge in [0.15, 0.2) is 0 Å². The average Bonchev–Trinajstić information content (AvgIpc) is 2.77. The number of aryl methyl sites for hydroxylation is 1. The normalized spacial score (nSPS) is 12.2. The summed E-state index contributed by atoms with van der Waals surface area (Å²) in [6.45, 7) is 4.28. The molecule has 0 bridgehead atoms. The van der Waals surface area contributed by atoms with Crippen LogP contribution in [0, 0.1) is 6.92 Å². The molecule has 2 rings (SSSR count). The first-order valence-electron chi connectivity index (χ1n) is 10.9. The van der Waals surface area contributed by atoms with Gasteiger partial charge in [-0.2, -0.15) is 0 Å². The van der Waals surface area contributed by atoms with Gasteiger partial charge in [0.1, 0.15) is 6.04 Å². The Labute approximate surface area is 201 Å². The second kappa shape index (κ2) is 12.0. The zero-order valence-electron chi connectivity index (χ0n) is 19.5. The van der Waals surface area contributed by atoms with E-state index in [4.69, 9.17) is 11.6 Å². The number of sulfonamides is 1. The molecule has 0 radical (unpaired) electrons. The fourth-order valence-corrected chi connectivity index (χ4v) is 4.76. The number of carbonyl (C=O) groups is 2. The molecule has 0 aliphatic heterocycles. The Morgan fingerprint density at radius 2 is 1.73 bits per heavy atom. The molecular weight excluding hydrogens is 462 g/mol. The summed E-state index contributed by atoms with van der Waals surface area (Å²) in [6.07, 6.45) is 2.02. The van der Waals surface area contributed by atoms with E-state index in [0.29, 0.717) is 30.1 Å². The van der Waals surface area contributed by atoms with E-state index < -0.39 is 16.1 Å². The van der Waals surface area contributed by atoms with Gasteiger partial charge in [0.2, 0.25) is 21.8 Å². The van der Waals surface area contributed by atoms with Crippen LogP contribution in [0.15, 0.2) is 48.5 Å². The van der Waals surface area contributed by atoms with E-state index in [1.165, 1.54) is 4.31 Å². The molecule has 0 aliphatic rings. The van der Waals surface area contributed by atoms with Crippen LogP contribution >= 0.6 is 11.6 Å². The summed E-state index contributed by atoms with van der Waals surface area (Å²) >= 11 is 5.92. The Bertz CT molecular complexity index is 1060. The van der Waals surface area contributed by atoms with Gasteiger partial charge in [-0.15, -0.1) is 0 Å². The summed E-state index contributed by atoms with van der Waals surface area (Å²) in [6, 6.07) is 13.7. The fourth-order valence-electron chi connectivity index (χ4n) is 3.67. The number of anilines is 1. The van der Waals surface area contributed by atoms with Crippen molar-refractivity contribution < 1.29 is 18.0 Å². The smallest absolute Gasteiger partial charge is 0.242 e. The van der Waals surface area contributed by atoms with Crippen molar-refractivity contribution in [1.82, 2.24) is 10.2 Å². The zero-order chi connectivity index (χ0) is 24.6. The Kier molecular flexibility index (Phi) is 9.73. The summed E-state index contributed by atoms with van der Waals surface area (Å²) in [7, 11) is -1.99. The maximum Gasteiger partial charge on any atom is 0.242 e. The highest BCUT2D eigenvalue weighted by Gasteiger charge is 2.28. The van der Waals surface area contributed by atoms with E-state index in [2.05, 4.69) is 5.32 Å². The van der Waals surface area contributed by atoms with Crippen LogP contribution in [0.1, 0.15) is 37.3 Å². The minimum atomic E-state index is -3.54. The second-order valence-electron chi connectivity index (χ2n) is 7.90. The van der Waals surface area contributed by atoms with Gasteiger partial charge in [0.05, 0.1) is 11.9 Å². The molecule has 1 N–H and O–H groups in total. The topological polar surface area (TPSA) is 86.8 Å². The summed E-state index contributed by atoms with van der Waals surface area (Å²) in [5.74, 6) is -0.420. The van der Waals surface area contributed by atoms with E-state index in [0.717, 1.165) is 17.4 Å². The number of carbonyl (C=O) groups excluding carboxylic acids is 2. The molecule has 0 saturated carbocycles. The maximum atomic E-state index is 13.3. The number of halogens is 1. The standard InChI is InChI=1S/C24H32ClN3O4S/c1-5-22(24(30)26-3)27(17-19-10-7-6-9-18(19)2)23(29)11-8-16-28(33(4,31)32)21-14-12-20(25)13-15-21/h6-7,9-10,12-15,22H,5,8,11,16-17H2,1-4H3,(H,26,30)/t22-/m0/s1. The van der Waals surface area contributed by atoms with Crippen molar-refractivity contribution >= 4 is 39.1 Å². The van der Waals surface area contributed by atoms with Crippen LogP contribution in [0.25, 0.3) is 0 Å². The molecule has 2 aromatic carbocycles. The third kappa shape index (κ3) is 7.47. The first kappa shape index (κ1) is 26.7. The number of benzene rings is 2. The zero-order valence-corrected chi connectivity index (χ0v) is 21.1. The highest BCUT2D eigenvalue weighted by atomic mass is 35.5. The van der Waals surface area contributed by atoms with E-state index in [-0.39, 0.29) is 24.8 Å². The van der Waals surface area contributed by atoms with Crippen molar-refractivity contribution in [3.63, 3.8) is 0 Å². The van der Waals surface area contributed by atoms with Crippen LogP contribution in [-0.4, -0.2) is 51.0 Å². The molecule has 0 spiro atoms. The fraction of sp³-hybridized carbons (Fsp3) is 0.417. The SMILES string of the molecule is CC[C@@H](C(=O)NC)N(Cc1ccccc1C)C(=O)CCCN(c1ccc(Cl)cc1)S(C)(=O)=O. The lowest BCUT2D eigenvalue weighted by Crippen LogP contribution is -2.48. The number of rotatable bonds is 11. The van der Waals surface area contributed by atoms with Gasteiger partial charge in [0.25, 0.3) is 0 Å². The molecule has 9 heteroatoms. The van der Waals surface area contributed by atoms with Gasteiger partial charge in [-0.3, -0.25) is 13.9 Å². The van der Waals surface area contributed by atoms with Gasteiger partial charge >= 0.3 is 0 Å². The highest BCUT2D eigenvalue weighted by Crippen LogP contribution is 2.22. The van der Waals surface area contributed by atoms with Crippen LogP contribution in [0.3, 0.4) is 0 Å². The molecule has 2 aromatic rings. The van der Waals surface area contributed by atoms with Gasteiger partial charge < -0.3 is 10.2 Å². The van der Waals surface area contributed by atoms with Crippen LogP contribution < -0.4 is 9.62 Å². The third-order valence-electron chi connectivity index (χ3n) is 5.50. The van der Waals surface area contributed by atoms with Crippen molar-refractivity contribution in [2.45, 2.75) is 45.7 Å². The average molecular weight is 494 g/mol. The Morgan fingerprint density at radius 3 is 2.27 bits per heavy atom. The largest absolute Gasteiger partial charge is 0.357 e. The van der Waals surface area contributed by atoms with Gasteiger partial charge in [-0.1, -0.05) is 42.8 Å². The van der Waals surface area contributed by atoms with Crippen LogP contribution in [-0.2, 0) is 26.2 Å². The Balaban J connectivity index is 2.19. The van der Waals surface area contributed by atoms with Crippen molar-refractivity contribution in [3.05, 3.63) is 64.7 Å². The summed E-state index contributed by atoms with van der Waals surface area (Å²) in [4.78, 5) is 27.3. The second-order valence-corrected chi connectivity index (χ2v) is 10.2. The number of amides is 2. The number of nitrogens with zero attached hydrogens (tertiary/aromatic N) is 2. The van der Waals surface area contributed by atoms with Crippen molar-refractivity contribution in [1.29, 1.82) is 0 Å². The number of nitrogens with one attached hydrogen (secondary N) is 1. The lowest BCUT2D eigenvalue weighted by Gasteiger charge is -2.31. The molecule has 2 amide bonds. The Hall–Kier alpha value is -2.58. The van der Waals surface area contributed by atoms with Gasteiger partial charge in [-0.05, 0) is 55.2 Å². The van der Waals surface area contributed by atoms with Gasteiger partial charge in [-0.25, -0.2) is 8.42 Å². The molecule has 0 heterocycles. The van der Waals surface area contributed by atoms with Crippen molar-refractivity contribution in [3.8, 4) is 0 Å². The van der Waals surface area contributed by atoms with E-state index in [1.807, 2.05) is 38.1 Å². The maximum absolute atomic E-state index is 13.3. The lowest BCUT2D eigenvalue weighted by molar-refractivity contribution is -0.141. The predicted molar refractivity (Wildman–Crippen MR) is 133 cm³/mol. The first-order valence-corrected chi connectivity index (χ1v) is 13.1. The molecule has 1 atom stereocenters. The van der Waals surface area contributed by atoms with Crippen LogP contribution in [0.4, 0.5) is 5.69 Å². The Morgan fingerprint density at radius 1 is 1.09 bits per heavy atom. The van der Waals surface area contributed by atoms with Crippen molar-refractivity contribution in [2.24, 2.45) is 0 Å². The minimum Gasteiger partial charge on any atom is -0.357 e. The number of hydrogen-bond acceptors (Lipinski definition) is 4. The molecule has 0 aliphatic carbocycles. The number of hydrogen-bond donors (Lipinski definition) is 1. The van der Waals surface area contributed by atoms with Crippen molar-refractivity contribution in [2.75, 3.05) is 24.2 Å². The molecule has 0 unspecified atom stereocenters. The van der Waals surface area contributed by atoms with E-state index in [9.17, 15) is 18.0 Å². The molecule has 180 valence electrons. The van der Waals surface area contributed by atoms with E-state index >= 15 is 0 Å². The predicted octanol–water partition coefficient (Wildman–Crippen LogP) is 3.75. The van der Waals surface area contributed by atoms with Crippen LogP contribution in [0.5, 0.6) is 0 Å². The third-order valence-corrected chi connectivity index (χ3v) is 6.95. The van der Waals surface area contributed by atoms with Crippen LogP contribution in [0.2, 0.25) is 5.02 Å². The molecule has 0 fully saturated rings. The highest BCUT2D eigenvalue weighted by molar-refractivity contribution is 7.92. The monoisotopic (exact) mass is 493 g/mol. The quantitative estimate of drug-likeness (QED) is 0.516. The molecule has 0 aromatic heterocycles.